The molecular formula is C36H41N. The van der Waals surface area contributed by atoms with E-state index in [1.165, 1.54) is 6.20 Å². The van der Waals surface area contributed by atoms with E-state index < -0.39 is 19.6 Å². The molecule has 0 aliphatic heterocycles. The standard InChI is InChI=1S/C36H41N/c1-24-20-30(27-14-16-29(17-15-27)34-35(4,5)18-11-19-36(34,6)7)21-25(2)33(24)31-22-32(37-23-26(31)3)28-12-9-8-10-13-28/h8-10,12-17,20-23,34H,11,18-19H2,1-7H3/i1D3,3D3,34D. The lowest BCUT2D eigenvalue weighted by Crippen LogP contribution is -2.38. The number of pyridine rings is 1. The van der Waals surface area contributed by atoms with Gasteiger partial charge in [0.15, 0.2) is 0 Å². The minimum atomic E-state index is -2.50. The molecule has 1 aromatic heterocycles. The Labute approximate surface area is 233 Å². The van der Waals surface area contributed by atoms with E-state index in [1.54, 1.807) is 12.1 Å². The molecule has 0 unspecified atom stereocenters. The number of aryl methyl sites for hydroxylation is 3. The fourth-order valence-corrected chi connectivity index (χ4v) is 6.49. The maximum absolute atomic E-state index is 9.74. The second kappa shape index (κ2) is 9.60. The second-order valence-corrected chi connectivity index (χ2v) is 11.8. The number of hydrogen-bond acceptors (Lipinski definition) is 1. The van der Waals surface area contributed by atoms with Gasteiger partial charge in [0.1, 0.15) is 0 Å². The molecule has 1 heterocycles. The highest BCUT2D eigenvalue weighted by Gasteiger charge is 2.44. The molecule has 0 radical (unpaired) electrons. The van der Waals surface area contributed by atoms with Crippen molar-refractivity contribution in [3.8, 4) is 33.5 Å². The lowest BCUT2D eigenvalue weighted by atomic mass is 9.55. The highest BCUT2D eigenvalue weighted by Crippen LogP contribution is 2.56. The molecule has 0 amide bonds. The second-order valence-electron chi connectivity index (χ2n) is 11.8. The zero-order valence-electron chi connectivity index (χ0n) is 29.6. The maximum atomic E-state index is 9.74. The minimum absolute atomic E-state index is 0.0151. The van der Waals surface area contributed by atoms with Crippen LogP contribution in [0.2, 0.25) is 0 Å². The van der Waals surface area contributed by atoms with E-state index in [9.17, 15) is 1.37 Å². The van der Waals surface area contributed by atoms with Crippen LogP contribution in [-0.2, 0) is 0 Å². The fraction of sp³-hybridized carbons (Fsp3) is 0.361. The first-order valence-electron chi connectivity index (χ1n) is 16.7. The highest BCUT2D eigenvalue weighted by atomic mass is 14.7. The molecule has 0 atom stereocenters. The van der Waals surface area contributed by atoms with Crippen LogP contribution in [-0.4, -0.2) is 4.98 Å². The van der Waals surface area contributed by atoms with Gasteiger partial charge in [-0.15, -0.1) is 0 Å². The smallest absolute Gasteiger partial charge is 0.0708 e. The summed E-state index contributed by atoms with van der Waals surface area (Å²) in [5.41, 5.74) is 5.05. The van der Waals surface area contributed by atoms with Gasteiger partial charge in [0.25, 0.3) is 0 Å². The first-order chi connectivity index (χ1) is 20.4. The first-order valence-corrected chi connectivity index (χ1v) is 13.2. The van der Waals surface area contributed by atoms with Crippen LogP contribution in [0.1, 0.15) is 84.7 Å². The van der Waals surface area contributed by atoms with Crippen LogP contribution in [0.15, 0.2) is 79.0 Å². The van der Waals surface area contributed by atoms with Gasteiger partial charge < -0.3 is 0 Å². The molecule has 4 aromatic rings. The van der Waals surface area contributed by atoms with Crippen molar-refractivity contribution in [2.45, 2.75) is 73.5 Å². The molecule has 37 heavy (non-hydrogen) atoms. The molecule has 5 rings (SSSR count). The zero-order chi connectivity index (χ0) is 32.3. The Morgan fingerprint density at radius 3 is 2.05 bits per heavy atom. The van der Waals surface area contributed by atoms with Crippen molar-refractivity contribution < 1.29 is 9.60 Å². The van der Waals surface area contributed by atoms with Crippen LogP contribution in [0.25, 0.3) is 33.5 Å². The van der Waals surface area contributed by atoms with E-state index in [2.05, 4.69) is 32.7 Å². The molecule has 0 saturated heterocycles. The lowest BCUT2D eigenvalue weighted by Gasteiger charge is -2.49. The monoisotopic (exact) mass is 494 g/mol. The molecule has 1 aliphatic rings. The highest BCUT2D eigenvalue weighted by molar-refractivity contribution is 5.80. The summed E-state index contributed by atoms with van der Waals surface area (Å²) in [4.78, 5) is 4.44. The molecule has 1 aliphatic carbocycles. The molecule has 0 N–H and O–H groups in total. The predicted molar refractivity (Wildman–Crippen MR) is 159 cm³/mol. The Balaban J connectivity index is 1.66. The zero-order valence-corrected chi connectivity index (χ0v) is 22.6. The minimum Gasteiger partial charge on any atom is -0.256 e. The Bertz CT molecular complexity index is 1650. The van der Waals surface area contributed by atoms with E-state index in [1.807, 2.05) is 67.6 Å². The maximum Gasteiger partial charge on any atom is 0.0708 e. The van der Waals surface area contributed by atoms with Crippen LogP contribution in [0.3, 0.4) is 0 Å². The van der Waals surface area contributed by atoms with Gasteiger partial charge in [-0.2, -0.15) is 0 Å². The van der Waals surface area contributed by atoms with Gasteiger partial charge in [0.05, 0.1) is 5.69 Å². The average molecular weight is 495 g/mol. The van der Waals surface area contributed by atoms with Crippen LogP contribution in [0, 0.1) is 31.5 Å². The summed E-state index contributed by atoms with van der Waals surface area (Å²) in [6, 6.07) is 22.7. The van der Waals surface area contributed by atoms with Crippen molar-refractivity contribution in [2.24, 2.45) is 10.8 Å². The Kier molecular flexibility index (Phi) is 4.70. The Morgan fingerprint density at radius 1 is 0.757 bits per heavy atom. The number of hydrogen-bond donors (Lipinski definition) is 0. The van der Waals surface area contributed by atoms with Crippen molar-refractivity contribution >= 4 is 0 Å². The van der Waals surface area contributed by atoms with Crippen molar-refractivity contribution in [3.05, 3.63) is 101 Å². The SMILES string of the molecule is [2H]C([2H])([2H])c1cnc(-c2ccccc2)cc1-c1c(C)cc(-c2ccc(C3([2H])C(C)(C)CCCC3(C)C)cc2)cc1C([2H])([2H])[2H]. The average Bonchev–Trinajstić information content (AvgIpc) is 2.94. The van der Waals surface area contributed by atoms with E-state index >= 15 is 0 Å². The van der Waals surface area contributed by atoms with Gasteiger partial charge in [0, 0.05) is 21.4 Å². The van der Waals surface area contributed by atoms with Gasteiger partial charge in [0.2, 0.25) is 0 Å². The van der Waals surface area contributed by atoms with Gasteiger partial charge in [-0.1, -0.05) is 101 Å². The summed E-state index contributed by atoms with van der Waals surface area (Å²) in [7, 11) is 0. The third-order valence-electron chi connectivity index (χ3n) is 8.04. The summed E-state index contributed by atoms with van der Waals surface area (Å²) in [5, 5.41) is 0. The van der Waals surface area contributed by atoms with E-state index in [-0.39, 0.29) is 22.0 Å². The van der Waals surface area contributed by atoms with Crippen LogP contribution in [0.4, 0.5) is 0 Å². The van der Waals surface area contributed by atoms with E-state index in [0.29, 0.717) is 22.4 Å². The predicted octanol–water partition coefficient (Wildman–Crippen LogP) is 10.3. The molecule has 0 bridgehead atoms. The molecule has 1 fully saturated rings. The largest absolute Gasteiger partial charge is 0.256 e. The summed E-state index contributed by atoms with van der Waals surface area (Å²) in [6.07, 6.45) is 4.44. The van der Waals surface area contributed by atoms with Gasteiger partial charge in [-0.3, -0.25) is 4.98 Å². The van der Waals surface area contributed by atoms with Gasteiger partial charge in [-0.05, 0) is 101 Å². The summed E-state index contributed by atoms with van der Waals surface area (Å²) >= 11 is 0. The summed E-state index contributed by atoms with van der Waals surface area (Å²) in [6.45, 7) is 5.60. The molecule has 3 aromatic carbocycles. The summed E-state index contributed by atoms with van der Waals surface area (Å²) in [5.74, 6) is -0.774. The molecule has 1 nitrogen and oxygen atoms in total. The van der Waals surface area contributed by atoms with E-state index in [0.717, 1.165) is 41.5 Å². The number of aromatic nitrogens is 1. The summed E-state index contributed by atoms with van der Waals surface area (Å²) < 4.78 is 59.9. The van der Waals surface area contributed by atoms with Gasteiger partial charge in [-0.25, -0.2) is 0 Å². The van der Waals surface area contributed by atoms with Gasteiger partial charge >= 0.3 is 0 Å². The van der Waals surface area contributed by atoms with Crippen LogP contribution >= 0.6 is 0 Å². The first kappa shape index (κ1) is 18.1. The number of rotatable bonds is 4. The third-order valence-corrected chi connectivity index (χ3v) is 8.04. The van der Waals surface area contributed by atoms with Crippen molar-refractivity contribution in [1.82, 2.24) is 4.98 Å². The topological polar surface area (TPSA) is 12.9 Å². The van der Waals surface area contributed by atoms with Crippen LogP contribution < -0.4 is 0 Å². The molecule has 190 valence electrons. The molecule has 0 spiro atoms. The van der Waals surface area contributed by atoms with E-state index in [4.69, 9.17) is 8.22 Å². The quantitative estimate of drug-likeness (QED) is 0.275. The normalized spacial score (nSPS) is 21.4. The fourth-order valence-electron chi connectivity index (χ4n) is 6.49. The Morgan fingerprint density at radius 2 is 1.41 bits per heavy atom. The number of benzene rings is 3. The molecule has 1 saturated carbocycles. The number of nitrogens with zero attached hydrogens (tertiary/aromatic N) is 1. The molecular weight excluding hydrogens is 446 g/mol. The Hall–Kier alpha value is -3.19. The van der Waals surface area contributed by atoms with Crippen LogP contribution in [0.5, 0.6) is 0 Å². The van der Waals surface area contributed by atoms with Crippen molar-refractivity contribution in [1.29, 1.82) is 0 Å². The van der Waals surface area contributed by atoms with Crippen molar-refractivity contribution in [2.75, 3.05) is 0 Å². The molecule has 1 heteroatoms. The lowest BCUT2D eigenvalue weighted by molar-refractivity contribution is 0.0727. The third kappa shape index (κ3) is 4.89. The van der Waals surface area contributed by atoms with Crippen molar-refractivity contribution in [3.63, 3.8) is 0 Å².